The molecule has 1 aliphatic heterocycles. The van der Waals surface area contributed by atoms with Crippen molar-refractivity contribution >= 4 is 35.0 Å². The van der Waals surface area contributed by atoms with E-state index in [1.54, 1.807) is 28.9 Å². The maximum atomic E-state index is 13.1. The molecule has 45 heavy (non-hydrogen) atoms. The summed E-state index contributed by atoms with van der Waals surface area (Å²) >= 11 is 0. The van der Waals surface area contributed by atoms with Crippen molar-refractivity contribution in [3.8, 4) is 5.69 Å². The molecule has 1 fully saturated rings. The number of Topliss-reactive ketones (excluding diaryl/α,β-unsaturated/α-hetero) is 1. The minimum atomic E-state index is -0.337. The second kappa shape index (κ2) is 13.4. The molecule has 1 saturated heterocycles. The summed E-state index contributed by atoms with van der Waals surface area (Å²) in [6.45, 7) is 11.2. The van der Waals surface area contributed by atoms with Gasteiger partial charge in [0.25, 0.3) is 0 Å². The maximum absolute atomic E-state index is 13.1. The predicted molar refractivity (Wildman–Crippen MR) is 180 cm³/mol. The lowest BCUT2D eigenvalue weighted by atomic mass is 9.90. The summed E-state index contributed by atoms with van der Waals surface area (Å²) in [5.74, 6) is 1.03. The van der Waals surface area contributed by atoms with Crippen LogP contribution in [0.1, 0.15) is 67.7 Å². The zero-order valence-corrected chi connectivity index (χ0v) is 26.7. The molecule has 0 aliphatic carbocycles. The quantitative estimate of drug-likeness (QED) is 0.186. The molecule has 0 bridgehead atoms. The van der Waals surface area contributed by atoms with Crippen molar-refractivity contribution in [3.63, 3.8) is 0 Å². The van der Waals surface area contributed by atoms with Gasteiger partial charge in [-0.15, -0.1) is 0 Å². The number of hydrogen-bond donors (Lipinski definition) is 3. The van der Waals surface area contributed by atoms with Crippen molar-refractivity contribution < 1.29 is 14.4 Å². The number of piperidine rings is 1. The van der Waals surface area contributed by atoms with E-state index in [1.807, 2.05) is 60.4 Å². The lowest BCUT2D eigenvalue weighted by Crippen LogP contribution is -2.41. The third kappa shape index (κ3) is 8.17. The second-order valence-corrected chi connectivity index (χ2v) is 12.9. The fourth-order valence-corrected chi connectivity index (χ4v) is 5.44. The number of nitrogens with one attached hydrogen (secondary N) is 3. The Morgan fingerprint density at radius 2 is 1.53 bits per heavy atom. The lowest BCUT2D eigenvalue weighted by molar-refractivity contribution is 0.101. The molecule has 3 N–H and O–H groups in total. The van der Waals surface area contributed by atoms with E-state index in [0.29, 0.717) is 36.1 Å². The number of aryl methyl sites for hydroxylation is 1. The van der Waals surface area contributed by atoms with E-state index in [-0.39, 0.29) is 23.3 Å². The number of hydrogen-bond acceptors (Lipinski definition) is 4. The smallest absolute Gasteiger partial charge is 0.324 e. The SMILES string of the molecule is CC(=O)c1ccc(NC(=O)N2CCC(Cc3cccc(NC(=O)Nc4cc(C(C)(C)C)nn4-c4ccc(C)cc4)c3)CC2)cc1. The number of anilines is 3. The number of ketones is 1. The fourth-order valence-electron chi connectivity index (χ4n) is 5.44. The van der Waals surface area contributed by atoms with Gasteiger partial charge in [0, 0.05) is 41.5 Å². The van der Waals surface area contributed by atoms with Crippen LogP contribution in [0.4, 0.5) is 26.8 Å². The van der Waals surface area contributed by atoms with Gasteiger partial charge in [0.05, 0.1) is 11.4 Å². The van der Waals surface area contributed by atoms with Crippen molar-refractivity contribution in [2.75, 3.05) is 29.0 Å². The average Bonchev–Trinajstić information content (AvgIpc) is 3.42. The summed E-state index contributed by atoms with van der Waals surface area (Å²) in [4.78, 5) is 39.3. The highest BCUT2D eigenvalue weighted by Gasteiger charge is 2.24. The molecule has 2 heterocycles. The van der Waals surface area contributed by atoms with Crippen LogP contribution in [0.3, 0.4) is 0 Å². The number of benzene rings is 3. The highest BCUT2D eigenvalue weighted by Crippen LogP contribution is 2.27. The molecule has 3 aromatic carbocycles. The van der Waals surface area contributed by atoms with Crippen molar-refractivity contribution in [3.05, 3.63) is 101 Å². The van der Waals surface area contributed by atoms with Crippen LogP contribution in [-0.2, 0) is 11.8 Å². The third-order valence-corrected chi connectivity index (χ3v) is 8.15. The van der Waals surface area contributed by atoms with Crippen molar-refractivity contribution in [1.29, 1.82) is 0 Å². The Bertz CT molecular complexity index is 1660. The van der Waals surface area contributed by atoms with Gasteiger partial charge in [-0.05, 0) is 93.1 Å². The maximum Gasteiger partial charge on any atom is 0.324 e. The first-order valence-corrected chi connectivity index (χ1v) is 15.5. The number of amides is 4. The molecule has 0 radical (unpaired) electrons. The Hall–Kier alpha value is -4.92. The van der Waals surface area contributed by atoms with E-state index < -0.39 is 0 Å². The van der Waals surface area contributed by atoms with Crippen LogP contribution >= 0.6 is 0 Å². The largest absolute Gasteiger partial charge is 0.325 e. The van der Waals surface area contributed by atoms with Crippen molar-refractivity contribution in [1.82, 2.24) is 14.7 Å². The monoisotopic (exact) mass is 606 g/mol. The molecule has 9 heteroatoms. The van der Waals surface area contributed by atoms with Crippen molar-refractivity contribution in [2.24, 2.45) is 5.92 Å². The summed E-state index contributed by atoms with van der Waals surface area (Å²) in [6.07, 6.45) is 2.66. The normalized spacial score (nSPS) is 13.8. The first-order valence-electron chi connectivity index (χ1n) is 15.5. The fraction of sp³-hybridized carbons (Fsp3) is 0.333. The van der Waals surface area contributed by atoms with Crippen LogP contribution in [0.25, 0.3) is 5.69 Å². The van der Waals surface area contributed by atoms with Gasteiger partial charge in [-0.1, -0.05) is 50.6 Å². The molecule has 9 nitrogen and oxygen atoms in total. The van der Waals surface area contributed by atoms with E-state index >= 15 is 0 Å². The van der Waals surface area contributed by atoms with E-state index in [4.69, 9.17) is 5.10 Å². The topological polar surface area (TPSA) is 108 Å². The standard InChI is InChI=1S/C36H42N6O3/c1-24-9-15-31(16-10-24)42-33(23-32(40-42)36(3,4)5)39-34(44)37-30-8-6-7-27(22-30)21-26-17-19-41(20-18-26)35(45)38-29-13-11-28(12-14-29)25(2)43/h6-16,22-23,26H,17-21H2,1-5H3,(H,38,45)(H2,37,39,44). The summed E-state index contributed by atoms with van der Waals surface area (Å²) in [6, 6.07) is 24.4. The van der Waals surface area contributed by atoms with E-state index in [0.717, 1.165) is 47.5 Å². The highest BCUT2D eigenvalue weighted by atomic mass is 16.2. The average molecular weight is 607 g/mol. The Kier molecular flexibility index (Phi) is 9.37. The number of nitrogens with zero attached hydrogens (tertiary/aromatic N) is 3. The van der Waals surface area contributed by atoms with Gasteiger partial charge < -0.3 is 15.5 Å². The molecule has 234 valence electrons. The molecule has 1 aromatic heterocycles. The molecule has 0 atom stereocenters. The minimum Gasteiger partial charge on any atom is -0.325 e. The van der Waals surface area contributed by atoms with E-state index in [1.165, 1.54) is 6.92 Å². The number of urea groups is 2. The molecule has 4 amide bonds. The van der Waals surface area contributed by atoms with Gasteiger partial charge in [0.1, 0.15) is 5.82 Å². The van der Waals surface area contributed by atoms with Crippen LogP contribution < -0.4 is 16.0 Å². The predicted octanol–water partition coefficient (Wildman–Crippen LogP) is 7.81. The molecule has 0 spiro atoms. The van der Waals surface area contributed by atoms with E-state index in [2.05, 4.69) is 42.8 Å². The minimum absolute atomic E-state index is 0.00343. The summed E-state index contributed by atoms with van der Waals surface area (Å²) in [7, 11) is 0. The zero-order chi connectivity index (χ0) is 32.1. The molecule has 0 saturated carbocycles. The van der Waals surface area contributed by atoms with Gasteiger partial charge in [0.15, 0.2) is 5.78 Å². The number of likely N-dealkylation sites (tertiary alicyclic amines) is 1. The first-order chi connectivity index (χ1) is 21.4. The summed E-state index contributed by atoms with van der Waals surface area (Å²) in [5.41, 5.74) is 5.88. The Balaban J connectivity index is 1.16. The van der Waals surface area contributed by atoms with Crippen LogP contribution in [0.2, 0.25) is 0 Å². The molecule has 5 rings (SSSR count). The molecular formula is C36H42N6O3. The number of aromatic nitrogens is 2. The Morgan fingerprint density at radius 1 is 0.844 bits per heavy atom. The van der Waals surface area contributed by atoms with Crippen LogP contribution in [-0.4, -0.2) is 45.6 Å². The second-order valence-electron chi connectivity index (χ2n) is 12.9. The van der Waals surface area contributed by atoms with E-state index in [9.17, 15) is 14.4 Å². The number of rotatable bonds is 7. The number of carbonyl (C=O) groups excluding carboxylic acids is 3. The van der Waals surface area contributed by atoms with Gasteiger partial charge in [-0.3, -0.25) is 10.1 Å². The Labute approximate surface area is 265 Å². The van der Waals surface area contributed by atoms with Gasteiger partial charge >= 0.3 is 12.1 Å². The van der Waals surface area contributed by atoms with Crippen molar-refractivity contribution in [2.45, 2.75) is 59.3 Å². The summed E-state index contributed by atoms with van der Waals surface area (Å²) < 4.78 is 1.77. The van der Waals surface area contributed by atoms with Gasteiger partial charge in [0.2, 0.25) is 0 Å². The highest BCUT2D eigenvalue weighted by molar-refractivity contribution is 5.99. The van der Waals surface area contributed by atoms with Gasteiger partial charge in [-0.25, -0.2) is 14.3 Å². The molecular weight excluding hydrogens is 564 g/mol. The first kappa shape index (κ1) is 31.5. The summed E-state index contributed by atoms with van der Waals surface area (Å²) in [5, 5.41) is 13.7. The van der Waals surface area contributed by atoms with Crippen LogP contribution in [0.15, 0.2) is 78.9 Å². The van der Waals surface area contributed by atoms with Gasteiger partial charge in [-0.2, -0.15) is 5.10 Å². The molecule has 1 aliphatic rings. The third-order valence-electron chi connectivity index (χ3n) is 8.15. The van der Waals surface area contributed by atoms with Crippen LogP contribution in [0.5, 0.6) is 0 Å². The number of carbonyl (C=O) groups is 3. The Morgan fingerprint density at radius 3 is 2.18 bits per heavy atom. The lowest BCUT2D eigenvalue weighted by Gasteiger charge is -2.32. The molecule has 4 aromatic rings. The van der Waals surface area contributed by atoms with Crippen LogP contribution in [0, 0.1) is 12.8 Å². The molecule has 0 unspecified atom stereocenters. The zero-order valence-electron chi connectivity index (χ0n) is 26.7.